The van der Waals surface area contributed by atoms with Crippen LogP contribution in [0.25, 0.3) is 0 Å². The number of carboxylic acid groups (broad SMARTS) is 3. The summed E-state index contributed by atoms with van der Waals surface area (Å²) in [6.45, 7) is 3.06. The predicted octanol–water partition coefficient (Wildman–Crippen LogP) is -0.435. The highest BCUT2D eigenvalue weighted by Gasteiger charge is 2.25. The highest BCUT2D eigenvalue weighted by Crippen LogP contribution is 2.12. The van der Waals surface area contributed by atoms with Crippen LogP contribution in [0.2, 0.25) is 0 Å². The zero-order valence-electron chi connectivity index (χ0n) is 18.5. The molecule has 0 aromatic rings. The largest absolute Gasteiger partial charge is 0.481 e. The van der Waals surface area contributed by atoms with Crippen LogP contribution >= 0.6 is 0 Å². The summed E-state index contributed by atoms with van der Waals surface area (Å²) in [5.74, 6) is -3.94. The average molecular weight is 472 g/mol. The predicted molar refractivity (Wildman–Crippen MR) is 119 cm³/mol. The number of hydrogen-bond donors (Lipinski definition) is 7. The molecule has 0 saturated heterocycles. The van der Waals surface area contributed by atoms with Gasteiger partial charge in [0.15, 0.2) is 0 Å². The van der Waals surface area contributed by atoms with Crippen molar-refractivity contribution in [2.75, 3.05) is 19.6 Å². The molecule has 1 unspecified atom stereocenters. The van der Waals surface area contributed by atoms with Crippen LogP contribution in [0.1, 0.15) is 39.0 Å². The minimum Gasteiger partial charge on any atom is -0.481 e. The van der Waals surface area contributed by atoms with E-state index in [0.29, 0.717) is 25.9 Å². The molecule has 13 nitrogen and oxygen atoms in total. The van der Waals surface area contributed by atoms with Crippen molar-refractivity contribution in [3.63, 3.8) is 0 Å². The molecule has 0 aromatic heterocycles. The van der Waals surface area contributed by atoms with Gasteiger partial charge in [-0.2, -0.15) is 0 Å². The molecule has 8 N–H and O–H groups in total. The number of carbonyl (C=O) groups is 5. The van der Waals surface area contributed by atoms with E-state index in [9.17, 15) is 29.1 Å². The number of rotatable bonds is 18. The first-order valence-electron chi connectivity index (χ1n) is 10.4. The fraction of sp³-hybridized carbons (Fsp3) is 0.600. The first-order chi connectivity index (χ1) is 15.6. The topological polar surface area (TPSA) is 221 Å². The number of carboxylic acids is 3. The molecule has 0 aromatic carbocycles. The van der Waals surface area contributed by atoms with Crippen LogP contribution in [0.15, 0.2) is 17.3 Å². The fourth-order valence-electron chi connectivity index (χ4n) is 2.74. The summed E-state index contributed by atoms with van der Waals surface area (Å²) in [7, 11) is 0. The third-order valence-corrected chi connectivity index (χ3v) is 4.52. The number of carbonyl (C=O) groups excluding carboxylic acids is 2. The Hall–Kier alpha value is -3.48. The molecule has 13 heteroatoms. The number of nitrogens with two attached hydrogens (primary N) is 1. The van der Waals surface area contributed by atoms with Gasteiger partial charge in [-0.05, 0) is 51.4 Å². The lowest BCUT2D eigenvalue weighted by atomic mass is 9.91. The van der Waals surface area contributed by atoms with Gasteiger partial charge >= 0.3 is 23.9 Å². The summed E-state index contributed by atoms with van der Waals surface area (Å²) in [5, 5.41) is 34.3. The maximum Gasteiger partial charge on any atom is 0.326 e. The molecule has 0 bridgehead atoms. The average Bonchev–Trinajstić information content (AvgIpc) is 2.75. The monoisotopic (exact) mass is 471 g/mol. The maximum absolute atomic E-state index is 12.0. The van der Waals surface area contributed by atoms with E-state index in [1.54, 1.807) is 0 Å². The van der Waals surface area contributed by atoms with Crippen molar-refractivity contribution < 1.29 is 39.3 Å². The van der Waals surface area contributed by atoms with Crippen molar-refractivity contribution in [2.45, 2.75) is 51.1 Å². The minimum absolute atomic E-state index is 0.0795. The van der Waals surface area contributed by atoms with Gasteiger partial charge in [-0.15, -0.1) is 0 Å². The molecule has 0 saturated carbocycles. The van der Waals surface area contributed by atoms with Crippen LogP contribution in [0.4, 0.5) is 4.79 Å². The second kappa shape index (κ2) is 16.2. The van der Waals surface area contributed by atoms with Gasteiger partial charge in [-0.25, -0.2) is 14.4 Å². The van der Waals surface area contributed by atoms with Crippen molar-refractivity contribution in [3.05, 3.63) is 12.3 Å². The minimum atomic E-state index is -1.46. The Labute approximate surface area is 191 Å². The summed E-state index contributed by atoms with van der Waals surface area (Å²) in [5.41, 5.74) is 4.43. The van der Waals surface area contributed by atoms with Gasteiger partial charge in [-0.3, -0.25) is 9.79 Å². The number of aliphatic imine (C=N–C) groups is 1. The van der Waals surface area contributed by atoms with Gasteiger partial charge in [0.1, 0.15) is 18.4 Å². The number of nitrogens with zero attached hydrogens (tertiary/aromatic N) is 1. The highest BCUT2D eigenvalue weighted by atomic mass is 16.4. The van der Waals surface area contributed by atoms with Gasteiger partial charge in [0.05, 0.1) is 5.41 Å². The van der Waals surface area contributed by atoms with Crippen LogP contribution < -0.4 is 21.7 Å². The van der Waals surface area contributed by atoms with Crippen molar-refractivity contribution in [2.24, 2.45) is 16.1 Å². The van der Waals surface area contributed by atoms with Crippen LogP contribution in [0, 0.1) is 5.41 Å². The van der Waals surface area contributed by atoms with Gasteiger partial charge < -0.3 is 41.8 Å². The Morgan fingerprint density at radius 1 is 1.03 bits per heavy atom. The lowest BCUT2D eigenvalue weighted by molar-refractivity contribution is -0.140. The summed E-state index contributed by atoms with van der Waals surface area (Å²) < 4.78 is 0. The van der Waals surface area contributed by atoms with Crippen LogP contribution in [-0.4, -0.2) is 83.5 Å². The number of urea groups is 1. The molecule has 186 valence electrons. The smallest absolute Gasteiger partial charge is 0.326 e. The van der Waals surface area contributed by atoms with Gasteiger partial charge in [0, 0.05) is 25.7 Å². The van der Waals surface area contributed by atoms with Crippen molar-refractivity contribution >= 4 is 36.4 Å². The molecule has 0 spiro atoms. The molecule has 2 amide bonds. The number of aliphatic carboxylic acids is 3. The molecule has 0 rings (SSSR count). The fourth-order valence-corrected chi connectivity index (χ4v) is 2.74. The molecular weight excluding hydrogens is 438 g/mol. The van der Waals surface area contributed by atoms with Crippen molar-refractivity contribution in [1.82, 2.24) is 16.0 Å². The highest BCUT2D eigenvalue weighted by molar-refractivity contribution is 5.89. The molecule has 0 radical (unpaired) electrons. The molecular formula is C20H33N5O8. The van der Waals surface area contributed by atoms with E-state index in [4.69, 9.17) is 15.9 Å². The zero-order valence-corrected chi connectivity index (χ0v) is 18.5. The summed E-state index contributed by atoms with van der Waals surface area (Å²) in [6, 6.07) is -3.74. The lowest BCUT2D eigenvalue weighted by Crippen LogP contribution is -2.51. The van der Waals surface area contributed by atoms with Crippen LogP contribution in [0.3, 0.4) is 0 Å². The van der Waals surface area contributed by atoms with Gasteiger partial charge in [0.25, 0.3) is 0 Å². The summed E-state index contributed by atoms with van der Waals surface area (Å²) in [4.78, 5) is 60.7. The van der Waals surface area contributed by atoms with E-state index >= 15 is 0 Å². The number of aldehydes is 1. The standard InChI is InChI=1S/C20H33N5O8/c1-2-22-11-20(13-26,8-9-21)12-23-10-4-3-5-14(17(29)30)24-19(33)25-15(18(31)32)6-7-16(27)28/h8-9,11,13-15,23H,2-7,10,12,21H2,1H3,(H,27,28)(H,29,30)(H,31,32)(H2,24,25,33)/b9-8-,22-11-/t14-,15-,20?/m0/s1. The molecule has 0 heterocycles. The molecule has 0 fully saturated rings. The second-order valence-electron chi connectivity index (χ2n) is 7.22. The zero-order chi connectivity index (χ0) is 25.3. The summed E-state index contributed by atoms with van der Waals surface area (Å²) in [6.07, 6.45) is 5.25. The quantitative estimate of drug-likeness (QED) is 0.0776. The third kappa shape index (κ3) is 12.8. The van der Waals surface area contributed by atoms with Crippen molar-refractivity contribution in [3.8, 4) is 0 Å². The van der Waals surface area contributed by atoms with E-state index in [2.05, 4.69) is 20.9 Å². The molecule has 0 aliphatic rings. The van der Waals surface area contributed by atoms with E-state index in [1.165, 1.54) is 18.5 Å². The Balaban J connectivity index is 4.58. The Kier molecular flexibility index (Phi) is 14.5. The second-order valence-corrected chi connectivity index (χ2v) is 7.22. The van der Waals surface area contributed by atoms with Gasteiger partial charge in [-0.1, -0.05) is 0 Å². The normalized spacial score (nSPS) is 14.9. The molecule has 3 atom stereocenters. The van der Waals surface area contributed by atoms with Gasteiger partial charge in [0.2, 0.25) is 0 Å². The van der Waals surface area contributed by atoms with Crippen LogP contribution in [0.5, 0.6) is 0 Å². The Morgan fingerprint density at radius 2 is 1.64 bits per heavy atom. The summed E-state index contributed by atoms with van der Waals surface area (Å²) >= 11 is 0. The first kappa shape index (κ1) is 29.5. The van der Waals surface area contributed by atoms with E-state index in [1.807, 2.05) is 6.92 Å². The Bertz CT molecular complexity index is 727. The molecule has 0 aliphatic carbocycles. The maximum atomic E-state index is 12.0. The van der Waals surface area contributed by atoms with Crippen molar-refractivity contribution in [1.29, 1.82) is 0 Å². The number of unbranched alkanes of at least 4 members (excludes halogenated alkanes) is 1. The number of amides is 2. The lowest BCUT2D eigenvalue weighted by Gasteiger charge is -2.20. The van der Waals surface area contributed by atoms with Crippen LogP contribution in [-0.2, 0) is 19.2 Å². The third-order valence-electron chi connectivity index (χ3n) is 4.52. The van der Waals surface area contributed by atoms with E-state index in [0.717, 1.165) is 6.29 Å². The van der Waals surface area contributed by atoms with E-state index < -0.39 is 47.9 Å². The molecule has 0 aliphatic heterocycles. The first-order valence-corrected chi connectivity index (χ1v) is 10.4. The van der Waals surface area contributed by atoms with E-state index in [-0.39, 0.29) is 19.4 Å². The Morgan fingerprint density at radius 3 is 2.12 bits per heavy atom. The number of nitrogens with one attached hydrogen (secondary N) is 3. The number of hydrogen-bond acceptors (Lipinski definition) is 8. The molecule has 33 heavy (non-hydrogen) atoms. The SMILES string of the molecule is CC/N=C\C(C=O)(/C=C\N)CNCCCC[C@H](NC(=O)N[C@@H](CCC(=O)O)C(=O)O)C(=O)O.